The Hall–Kier alpha value is -1.84. The van der Waals surface area contributed by atoms with Gasteiger partial charge in [-0.15, -0.1) is 0 Å². The minimum atomic E-state index is -0.871. The lowest BCUT2D eigenvalue weighted by Crippen LogP contribution is -2.01. The fourth-order valence-corrected chi connectivity index (χ4v) is 0.773. The topological polar surface area (TPSA) is 74.6 Å². The third-order valence-corrected chi connectivity index (χ3v) is 1.33. The van der Waals surface area contributed by atoms with E-state index in [1.54, 1.807) is 0 Å². The average Bonchev–Trinajstić information content (AvgIpc) is 2.27. The highest BCUT2D eigenvalue weighted by molar-refractivity contribution is 5.93. The lowest BCUT2D eigenvalue weighted by molar-refractivity contribution is 0.0696. The summed E-state index contributed by atoms with van der Waals surface area (Å²) in [5.74, 6) is -1.74. The molecule has 0 radical (unpaired) electrons. The lowest BCUT2D eigenvalue weighted by Gasteiger charge is -1.95. The molecule has 0 heterocycles. The van der Waals surface area contributed by atoms with Crippen LogP contribution >= 0.6 is 0 Å². The molecule has 0 aliphatic rings. The summed E-state index contributed by atoms with van der Waals surface area (Å²) in [5.41, 5.74) is 0.116. The van der Waals surface area contributed by atoms with E-state index in [2.05, 4.69) is 10.2 Å². The molecule has 0 unspecified atom stereocenters. The van der Waals surface area contributed by atoms with Gasteiger partial charge in [-0.05, 0) is 18.2 Å². The summed E-state index contributed by atoms with van der Waals surface area (Å²) in [5, 5.41) is 7.43. The van der Waals surface area contributed by atoms with Gasteiger partial charge in [-0.25, -0.2) is 9.59 Å². The molecule has 0 aliphatic heterocycles. The van der Waals surface area contributed by atoms with Gasteiger partial charge in [0.2, 0.25) is 0 Å². The predicted molar refractivity (Wildman–Crippen MR) is 40.4 cm³/mol. The highest BCUT2D eigenvalue weighted by atomic mass is 16.4. The fourth-order valence-electron chi connectivity index (χ4n) is 0.773. The second-order valence-corrected chi connectivity index (χ2v) is 2.16. The van der Waals surface area contributed by atoms with Gasteiger partial charge < -0.3 is 10.2 Å². The number of benzene rings is 1. The van der Waals surface area contributed by atoms with Crippen LogP contribution in [0.15, 0.2) is 24.3 Å². The molecule has 2 N–H and O–H groups in total. The van der Waals surface area contributed by atoms with Crippen molar-refractivity contribution >= 4 is 11.9 Å². The molecule has 1 aromatic carbocycles. The van der Waals surface area contributed by atoms with Crippen LogP contribution in [-0.4, -0.2) is 22.2 Å². The van der Waals surface area contributed by atoms with Crippen molar-refractivity contribution < 1.29 is 19.8 Å². The summed E-state index contributed by atoms with van der Waals surface area (Å²) < 4.78 is 12.7. The standard InChI is InChI=1S/C8H6O4/c9-7(10)5-2-1-3-6(4-5)8(11)12/h1-4H,(H,9,10)(H,11,12)/i/hD2. The van der Waals surface area contributed by atoms with Crippen molar-refractivity contribution in [1.29, 1.82) is 2.86 Å². The number of hydrogen-bond donors (Lipinski definition) is 2. The molecule has 4 nitrogen and oxygen atoms in total. The molecular weight excluding hydrogens is 160 g/mol. The molecule has 0 fully saturated rings. The molecule has 0 saturated carbocycles. The zero-order chi connectivity index (χ0) is 10.6. The van der Waals surface area contributed by atoms with Crippen LogP contribution in [0.3, 0.4) is 0 Å². The molecule has 0 spiro atoms. The molecule has 12 heavy (non-hydrogen) atoms. The summed E-state index contributed by atoms with van der Waals surface area (Å²) in [4.78, 5) is 21.7. The Morgan fingerprint density at radius 2 is 1.67 bits per heavy atom. The van der Waals surface area contributed by atoms with Crippen LogP contribution in [0, 0.1) is 0 Å². The SMILES string of the molecule is [2H]OC(=O)c1cccc(C(=O)O[2H])c1. The summed E-state index contributed by atoms with van der Waals surface area (Å²) in [6, 6.07) is 5.39. The van der Waals surface area contributed by atoms with E-state index in [4.69, 9.17) is 2.86 Å². The molecule has 0 atom stereocenters. The quantitative estimate of drug-likeness (QED) is 0.692. The molecule has 0 bridgehead atoms. The molecule has 1 aromatic rings. The molecular formula is C8H6O4. The minimum Gasteiger partial charge on any atom is -0.478 e. The zero-order valence-corrected chi connectivity index (χ0v) is 5.94. The maximum Gasteiger partial charge on any atom is 0.335 e. The normalized spacial score (nSPS) is 11.0. The number of aromatic carboxylic acids is 2. The number of carboxylic acids is 2. The van der Waals surface area contributed by atoms with Crippen molar-refractivity contribution in [2.75, 3.05) is 0 Å². The zero-order valence-electron chi connectivity index (χ0n) is 7.94. The number of carboxylic acid groups (broad SMARTS) is 2. The van der Waals surface area contributed by atoms with Gasteiger partial charge in [-0.3, -0.25) is 0 Å². The Labute approximate surface area is 71.1 Å². The molecule has 0 saturated heterocycles. The van der Waals surface area contributed by atoms with Crippen molar-refractivity contribution in [2.45, 2.75) is 0 Å². The third kappa shape index (κ3) is 1.60. The summed E-state index contributed by atoms with van der Waals surface area (Å²) in [6.07, 6.45) is 0. The van der Waals surface area contributed by atoms with Gasteiger partial charge in [0.15, 0.2) is 0 Å². The van der Waals surface area contributed by atoms with Crippen molar-refractivity contribution in [3.8, 4) is 0 Å². The van der Waals surface area contributed by atoms with E-state index < -0.39 is 11.9 Å². The first-order valence-corrected chi connectivity index (χ1v) is 3.14. The maximum absolute atomic E-state index is 10.9. The van der Waals surface area contributed by atoms with Gasteiger partial charge in [0.25, 0.3) is 2.86 Å². The van der Waals surface area contributed by atoms with Crippen LogP contribution in [-0.2, 0) is 0 Å². The Morgan fingerprint density at radius 1 is 1.17 bits per heavy atom. The third-order valence-electron chi connectivity index (χ3n) is 1.33. The van der Waals surface area contributed by atoms with Crippen molar-refractivity contribution in [1.82, 2.24) is 0 Å². The van der Waals surface area contributed by atoms with Crippen LogP contribution in [0.4, 0.5) is 0 Å². The van der Waals surface area contributed by atoms with Gasteiger partial charge in [0, 0.05) is 0 Å². The molecule has 0 amide bonds. The van der Waals surface area contributed by atoms with Gasteiger partial charge in [-0.2, -0.15) is 0 Å². The molecule has 0 aliphatic carbocycles. The van der Waals surface area contributed by atoms with Gasteiger partial charge in [0.1, 0.15) is 0 Å². The Morgan fingerprint density at radius 3 is 2.08 bits per heavy atom. The highest BCUT2D eigenvalue weighted by Crippen LogP contribution is 2.04. The summed E-state index contributed by atoms with van der Waals surface area (Å²) in [7, 11) is 0. The average molecular weight is 168 g/mol. The van der Waals surface area contributed by atoms with E-state index in [0.717, 1.165) is 0 Å². The minimum absolute atomic E-state index is 0.0582. The van der Waals surface area contributed by atoms with E-state index in [9.17, 15) is 9.59 Å². The van der Waals surface area contributed by atoms with E-state index in [1.165, 1.54) is 24.3 Å². The first-order chi connectivity index (χ1) is 6.69. The number of rotatable bonds is 2. The monoisotopic (exact) mass is 168 g/mol. The Balaban J connectivity index is 3.01. The predicted octanol–water partition coefficient (Wildman–Crippen LogP) is 1.08. The van der Waals surface area contributed by atoms with Gasteiger partial charge >= 0.3 is 11.9 Å². The van der Waals surface area contributed by atoms with Crippen molar-refractivity contribution in [3.63, 3.8) is 0 Å². The van der Waals surface area contributed by atoms with Crippen LogP contribution in [0.5, 0.6) is 0 Å². The maximum atomic E-state index is 10.9. The first-order valence-electron chi connectivity index (χ1n) is 3.95. The highest BCUT2D eigenvalue weighted by Gasteiger charge is 2.06. The van der Waals surface area contributed by atoms with Crippen molar-refractivity contribution in [3.05, 3.63) is 35.4 Å². The summed E-state index contributed by atoms with van der Waals surface area (Å²) >= 11 is 0. The second kappa shape index (κ2) is 3.04. The Kier molecular flexibility index (Phi) is 1.46. The summed E-state index contributed by atoms with van der Waals surface area (Å²) in [6.45, 7) is 0. The fraction of sp³-hybridized carbons (Fsp3) is 0. The number of carbonyl (C=O) groups is 2. The second-order valence-electron chi connectivity index (χ2n) is 2.16. The molecule has 0 aromatic heterocycles. The first kappa shape index (κ1) is 5.77. The van der Waals surface area contributed by atoms with E-state index in [-0.39, 0.29) is 11.1 Å². The Bertz CT molecular complexity index is 333. The van der Waals surface area contributed by atoms with E-state index >= 15 is 0 Å². The smallest absolute Gasteiger partial charge is 0.335 e. The molecule has 62 valence electrons. The van der Waals surface area contributed by atoms with Gasteiger partial charge in [0.05, 0.1) is 11.1 Å². The lowest BCUT2D eigenvalue weighted by atomic mass is 10.1. The largest absolute Gasteiger partial charge is 0.478 e. The van der Waals surface area contributed by atoms with E-state index in [1.807, 2.05) is 0 Å². The molecule has 4 heteroatoms. The molecule has 1 rings (SSSR count). The van der Waals surface area contributed by atoms with E-state index in [0.29, 0.717) is 0 Å². The van der Waals surface area contributed by atoms with Crippen LogP contribution < -0.4 is 0 Å². The van der Waals surface area contributed by atoms with Crippen LogP contribution in [0.1, 0.15) is 20.7 Å². The van der Waals surface area contributed by atoms with Crippen LogP contribution in [0.2, 0.25) is 0 Å². The van der Waals surface area contributed by atoms with Crippen molar-refractivity contribution in [2.24, 2.45) is 0 Å². The van der Waals surface area contributed by atoms with Crippen LogP contribution in [0.25, 0.3) is 2.86 Å². The van der Waals surface area contributed by atoms with Gasteiger partial charge in [-0.1, -0.05) is 6.07 Å². The number of hydrogen-bond acceptors (Lipinski definition) is 4.